The lowest BCUT2D eigenvalue weighted by molar-refractivity contribution is -0.170. The van der Waals surface area contributed by atoms with E-state index in [1.807, 2.05) is 11.4 Å². The zero-order chi connectivity index (χ0) is 24.2. The van der Waals surface area contributed by atoms with Crippen molar-refractivity contribution in [3.63, 3.8) is 0 Å². The molecule has 1 aliphatic rings. The zero-order valence-corrected chi connectivity index (χ0v) is 18.6. The number of aliphatic hydroxyl groups excluding tert-OH is 2. The molecule has 180 valence electrons. The summed E-state index contributed by atoms with van der Waals surface area (Å²) in [4.78, 5) is 22.0. The summed E-state index contributed by atoms with van der Waals surface area (Å²) in [7, 11) is 0. The van der Waals surface area contributed by atoms with Gasteiger partial charge in [-0.1, -0.05) is 18.2 Å². The predicted molar refractivity (Wildman–Crippen MR) is 121 cm³/mol. The molecule has 4 atom stereocenters. The average Bonchev–Trinajstić information content (AvgIpc) is 3.27. The minimum absolute atomic E-state index is 0.144. The third-order valence-corrected chi connectivity index (χ3v) is 5.78. The highest BCUT2D eigenvalue weighted by atomic mass is 32.1. The number of carbonyl (C=O) groups excluding carboxylic acids is 1. The Balaban J connectivity index is 0.000000890. The molecule has 0 bridgehead atoms. The molecule has 1 heterocycles. The van der Waals surface area contributed by atoms with Gasteiger partial charge in [0.05, 0.1) is 12.2 Å². The van der Waals surface area contributed by atoms with Crippen molar-refractivity contribution in [2.24, 2.45) is 0 Å². The molecular weight excluding hydrogens is 452 g/mol. The van der Waals surface area contributed by atoms with Gasteiger partial charge in [-0.3, -0.25) is 0 Å². The van der Waals surface area contributed by atoms with Gasteiger partial charge in [0.2, 0.25) is 0 Å². The monoisotopic (exact) mass is 480 g/mol. The quantitative estimate of drug-likeness (QED) is 0.218. The number of rotatable bonds is 8. The first-order valence-corrected chi connectivity index (χ1v) is 11.2. The molecule has 5 N–H and O–H groups in total. The summed E-state index contributed by atoms with van der Waals surface area (Å²) in [6.45, 7) is 0.548. The van der Waals surface area contributed by atoms with E-state index in [0.717, 1.165) is 18.4 Å². The van der Waals surface area contributed by atoms with Crippen LogP contribution < -0.4 is 0 Å². The summed E-state index contributed by atoms with van der Waals surface area (Å²) in [5.74, 6) is -0.460. The van der Waals surface area contributed by atoms with Crippen LogP contribution in [-0.2, 0) is 20.7 Å². The van der Waals surface area contributed by atoms with Gasteiger partial charge in [0.1, 0.15) is 18.0 Å². The number of aliphatic hydroxyl groups is 2. The van der Waals surface area contributed by atoms with Crippen LogP contribution in [0.4, 0.5) is 4.79 Å². The lowest BCUT2D eigenvalue weighted by Gasteiger charge is -2.36. The van der Waals surface area contributed by atoms with E-state index in [9.17, 15) is 20.1 Å². The van der Waals surface area contributed by atoms with Gasteiger partial charge in [-0.15, -0.1) is 11.3 Å². The van der Waals surface area contributed by atoms with E-state index < -0.39 is 30.4 Å². The van der Waals surface area contributed by atoms with E-state index in [1.54, 1.807) is 29.5 Å². The van der Waals surface area contributed by atoms with E-state index >= 15 is 0 Å². The van der Waals surface area contributed by atoms with Crippen LogP contribution in [0.15, 0.2) is 47.9 Å². The Kier molecular flexibility index (Phi) is 10.8. The number of benzene rings is 1. The van der Waals surface area contributed by atoms with Crippen LogP contribution in [0, 0.1) is 0 Å². The molecule has 0 amide bonds. The van der Waals surface area contributed by atoms with Crippen molar-refractivity contribution in [1.29, 1.82) is 0 Å². The molecule has 0 spiro atoms. The lowest BCUT2D eigenvalue weighted by Crippen LogP contribution is -2.48. The van der Waals surface area contributed by atoms with Crippen molar-refractivity contribution in [3.05, 3.63) is 58.3 Å². The van der Waals surface area contributed by atoms with Crippen molar-refractivity contribution in [1.82, 2.24) is 0 Å². The fourth-order valence-corrected chi connectivity index (χ4v) is 4.05. The topological polar surface area (TPSA) is 154 Å². The van der Waals surface area contributed by atoms with Crippen LogP contribution in [0.5, 0.6) is 5.75 Å². The van der Waals surface area contributed by atoms with Crippen molar-refractivity contribution in [2.45, 2.75) is 50.1 Å². The SMILES string of the molecule is O=C(/C=C/c1ccc(O)cc1)O[C@@H]1C[C@@H](OCCCc2cccs2)C[C@H](O)[C@H]1O.O=C(O)O. The molecule has 1 aromatic carbocycles. The number of carbonyl (C=O) groups is 2. The standard InChI is InChI=1S/C22H26O6S.CH2O3/c23-16-8-5-15(6-9-16)7-10-21(25)28-20-14-17(13-19(24)22(20)26)27-11-1-3-18-4-2-12-29-18;2-1(3)4/h2,4-10,12,17,19-20,22-24,26H,1,3,11,13-14H2;(H2,2,3,4)/b10-7+;/t17-,19-,20+,22+;/m0./s1. The zero-order valence-electron chi connectivity index (χ0n) is 17.8. The molecule has 1 fully saturated rings. The van der Waals surface area contributed by atoms with Crippen molar-refractivity contribution >= 4 is 29.5 Å². The average molecular weight is 481 g/mol. The van der Waals surface area contributed by atoms with Crippen LogP contribution >= 0.6 is 11.3 Å². The second-order valence-corrected chi connectivity index (χ2v) is 8.42. The highest BCUT2D eigenvalue weighted by Crippen LogP contribution is 2.25. The van der Waals surface area contributed by atoms with E-state index in [4.69, 9.17) is 24.5 Å². The maximum atomic E-state index is 12.1. The summed E-state index contributed by atoms with van der Waals surface area (Å²) in [5, 5.41) is 45.6. The van der Waals surface area contributed by atoms with Crippen LogP contribution in [0.25, 0.3) is 6.08 Å². The first-order valence-electron chi connectivity index (χ1n) is 10.3. The molecule has 0 saturated heterocycles. The van der Waals surface area contributed by atoms with Crippen LogP contribution in [-0.4, -0.2) is 68.7 Å². The number of aromatic hydroxyl groups is 1. The van der Waals surface area contributed by atoms with E-state index in [0.29, 0.717) is 19.4 Å². The summed E-state index contributed by atoms with van der Waals surface area (Å²) >= 11 is 1.72. The van der Waals surface area contributed by atoms with Gasteiger partial charge < -0.3 is 35.0 Å². The minimum Gasteiger partial charge on any atom is -0.508 e. The normalized spacial score (nSPS) is 22.4. The Hall–Kier alpha value is -2.92. The maximum Gasteiger partial charge on any atom is 0.503 e. The van der Waals surface area contributed by atoms with Crippen LogP contribution in [0.1, 0.15) is 29.7 Å². The van der Waals surface area contributed by atoms with Gasteiger partial charge in [0.15, 0.2) is 0 Å². The second-order valence-electron chi connectivity index (χ2n) is 7.39. The minimum atomic E-state index is -1.83. The molecule has 0 unspecified atom stereocenters. The fraction of sp³-hybridized carbons (Fsp3) is 0.391. The van der Waals surface area contributed by atoms with Crippen LogP contribution in [0.2, 0.25) is 0 Å². The molecule has 3 rings (SSSR count). The first-order chi connectivity index (χ1) is 15.7. The third-order valence-electron chi connectivity index (χ3n) is 4.85. The summed E-state index contributed by atoms with van der Waals surface area (Å²) in [6, 6.07) is 10.5. The molecule has 1 saturated carbocycles. The summed E-state index contributed by atoms with van der Waals surface area (Å²) in [6.07, 6.45) is 0.243. The molecule has 1 aromatic heterocycles. The number of ether oxygens (including phenoxy) is 2. The number of aryl methyl sites for hydroxylation is 1. The van der Waals surface area contributed by atoms with Gasteiger partial charge in [-0.25, -0.2) is 9.59 Å². The van der Waals surface area contributed by atoms with E-state index in [2.05, 4.69) is 6.07 Å². The summed E-state index contributed by atoms with van der Waals surface area (Å²) in [5.41, 5.74) is 0.732. The Bertz CT molecular complexity index is 876. The Labute approximate surface area is 195 Å². The number of hydrogen-bond acceptors (Lipinski definition) is 8. The van der Waals surface area contributed by atoms with Crippen molar-refractivity contribution in [2.75, 3.05) is 6.61 Å². The van der Waals surface area contributed by atoms with Gasteiger partial charge in [-0.05, 0) is 48.1 Å². The first kappa shape index (κ1) is 26.3. The number of phenols is 1. The maximum absolute atomic E-state index is 12.1. The lowest BCUT2D eigenvalue weighted by atomic mass is 9.89. The molecule has 9 nitrogen and oxygen atoms in total. The number of thiophene rings is 1. The molecule has 1 aliphatic carbocycles. The number of carboxylic acid groups (broad SMARTS) is 2. The molecule has 10 heteroatoms. The van der Waals surface area contributed by atoms with E-state index in [1.165, 1.54) is 23.1 Å². The number of phenolic OH excluding ortho intramolecular Hbond substituents is 1. The highest BCUT2D eigenvalue weighted by molar-refractivity contribution is 7.09. The van der Waals surface area contributed by atoms with Gasteiger partial charge in [0.25, 0.3) is 0 Å². The van der Waals surface area contributed by atoms with Gasteiger partial charge in [0, 0.05) is 30.4 Å². The summed E-state index contributed by atoms with van der Waals surface area (Å²) < 4.78 is 11.2. The second kappa shape index (κ2) is 13.6. The number of hydrogen-bond donors (Lipinski definition) is 5. The van der Waals surface area contributed by atoms with Crippen molar-refractivity contribution < 1.29 is 44.6 Å². The largest absolute Gasteiger partial charge is 0.508 e. The molecule has 33 heavy (non-hydrogen) atoms. The molecule has 0 aliphatic heterocycles. The Morgan fingerprint density at radius 1 is 1.09 bits per heavy atom. The predicted octanol–water partition coefficient (Wildman–Crippen LogP) is 3.13. The Morgan fingerprint density at radius 2 is 1.79 bits per heavy atom. The van der Waals surface area contributed by atoms with Gasteiger partial charge in [-0.2, -0.15) is 0 Å². The highest BCUT2D eigenvalue weighted by Gasteiger charge is 2.38. The molecule has 0 radical (unpaired) electrons. The van der Waals surface area contributed by atoms with Crippen molar-refractivity contribution in [3.8, 4) is 5.75 Å². The van der Waals surface area contributed by atoms with Gasteiger partial charge >= 0.3 is 12.1 Å². The van der Waals surface area contributed by atoms with E-state index in [-0.39, 0.29) is 11.9 Å². The smallest absolute Gasteiger partial charge is 0.503 e. The fourth-order valence-electron chi connectivity index (χ4n) is 3.29. The number of esters is 1. The molecule has 2 aromatic rings. The van der Waals surface area contributed by atoms with Crippen LogP contribution in [0.3, 0.4) is 0 Å². The Morgan fingerprint density at radius 3 is 2.42 bits per heavy atom. The third kappa shape index (κ3) is 10.0. The molecular formula is C23H28O9S.